The number of hydrogen-bond acceptors (Lipinski definition) is 5. The van der Waals surface area contributed by atoms with Gasteiger partial charge in [-0.2, -0.15) is 31.4 Å². The van der Waals surface area contributed by atoms with Gasteiger partial charge in [0.2, 0.25) is 5.89 Å². The van der Waals surface area contributed by atoms with Gasteiger partial charge in [-0.05, 0) is 36.8 Å². The van der Waals surface area contributed by atoms with Gasteiger partial charge in [-0.1, -0.05) is 11.6 Å². The largest absolute Gasteiger partial charge is 0.435 e. The van der Waals surface area contributed by atoms with Gasteiger partial charge in [0, 0.05) is 12.3 Å². The highest BCUT2D eigenvalue weighted by Gasteiger charge is 2.37. The molecule has 1 aromatic carbocycles. The average Bonchev–Trinajstić information content (AvgIpc) is 3.13. The van der Waals surface area contributed by atoms with Crippen LogP contribution in [0, 0.1) is 6.92 Å². The van der Waals surface area contributed by atoms with Gasteiger partial charge in [-0.15, -0.1) is 0 Å². The van der Waals surface area contributed by atoms with Crippen molar-refractivity contribution in [3.8, 4) is 17.4 Å². The van der Waals surface area contributed by atoms with E-state index in [4.69, 9.17) is 16.0 Å². The Hall–Kier alpha value is -3.41. The highest BCUT2D eigenvalue weighted by atomic mass is 35.5. The number of hydrogen-bond donors (Lipinski definition) is 0. The first-order valence-electron chi connectivity index (χ1n) is 8.67. The molecule has 4 aromatic rings. The van der Waals surface area contributed by atoms with Crippen LogP contribution in [0.5, 0.6) is 0 Å². The fourth-order valence-electron chi connectivity index (χ4n) is 2.99. The van der Waals surface area contributed by atoms with Gasteiger partial charge in [0.05, 0.1) is 21.5 Å². The molecule has 0 saturated heterocycles. The smallest absolute Gasteiger partial charge is 0.401 e. The number of nitrogens with zero attached hydrogens (tertiary/aromatic N) is 4. The molecule has 0 radical (unpaired) electrons. The molecule has 0 unspecified atom stereocenters. The summed E-state index contributed by atoms with van der Waals surface area (Å²) in [5.41, 5.74) is -4.26. The molecule has 0 amide bonds. The fraction of sp³-hybridized carbons (Fsp3) is 0.158. The average molecular weight is 475 g/mol. The van der Waals surface area contributed by atoms with Crippen molar-refractivity contribution in [2.75, 3.05) is 0 Å². The SMILES string of the molecule is Cc1cc(C(F)(F)F)cc2c(=O)oc(-c3cc(C(F)(F)F)nn3-c3ncccc3Cl)nc12. The molecular formula is C19H9ClF6N4O2. The zero-order valence-electron chi connectivity index (χ0n) is 15.7. The first-order chi connectivity index (χ1) is 14.9. The maximum Gasteiger partial charge on any atom is 0.435 e. The number of pyridine rings is 1. The molecule has 4 rings (SSSR count). The third-order valence-corrected chi connectivity index (χ3v) is 4.70. The second-order valence-corrected chi connectivity index (χ2v) is 7.03. The van der Waals surface area contributed by atoms with Crippen molar-refractivity contribution in [3.05, 3.63) is 68.8 Å². The second kappa shape index (κ2) is 7.33. The summed E-state index contributed by atoms with van der Waals surface area (Å²) in [6.45, 7) is 1.28. The van der Waals surface area contributed by atoms with Crippen LogP contribution in [0.25, 0.3) is 28.3 Å². The monoisotopic (exact) mass is 474 g/mol. The Morgan fingerprint density at radius 3 is 2.41 bits per heavy atom. The number of fused-ring (bicyclic) bond motifs is 1. The summed E-state index contributed by atoms with van der Waals surface area (Å²) in [6, 6.07) is 4.71. The molecule has 0 fully saturated rings. The van der Waals surface area contributed by atoms with Crippen molar-refractivity contribution >= 4 is 22.5 Å². The first kappa shape index (κ1) is 21.8. The number of aromatic nitrogens is 4. The van der Waals surface area contributed by atoms with Crippen LogP contribution in [0.15, 0.2) is 45.7 Å². The van der Waals surface area contributed by atoms with E-state index in [1.165, 1.54) is 25.3 Å². The van der Waals surface area contributed by atoms with Crippen LogP contribution in [0.4, 0.5) is 26.3 Å². The summed E-state index contributed by atoms with van der Waals surface area (Å²) < 4.78 is 84.9. The van der Waals surface area contributed by atoms with Crippen LogP contribution in [0.3, 0.4) is 0 Å². The highest BCUT2D eigenvalue weighted by Crippen LogP contribution is 2.35. The minimum atomic E-state index is -4.87. The Morgan fingerprint density at radius 1 is 1.06 bits per heavy atom. The van der Waals surface area contributed by atoms with E-state index >= 15 is 0 Å². The maximum atomic E-state index is 13.3. The van der Waals surface area contributed by atoms with Crippen LogP contribution >= 0.6 is 11.6 Å². The Kier molecular flexibility index (Phi) is 4.99. The molecule has 166 valence electrons. The van der Waals surface area contributed by atoms with Crippen molar-refractivity contribution in [1.82, 2.24) is 19.7 Å². The Labute approximate surface area is 179 Å². The molecule has 6 nitrogen and oxygen atoms in total. The molecule has 0 aliphatic carbocycles. The van der Waals surface area contributed by atoms with Crippen molar-refractivity contribution in [2.24, 2.45) is 0 Å². The van der Waals surface area contributed by atoms with Crippen LogP contribution in [0.1, 0.15) is 16.8 Å². The zero-order chi connectivity index (χ0) is 23.4. The number of aryl methyl sites for hydroxylation is 1. The Morgan fingerprint density at radius 2 is 1.78 bits per heavy atom. The van der Waals surface area contributed by atoms with Crippen molar-refractivity contribution in [1.29, 1.82) is 0 Å². The van der Waals surface area contributed by atoms with Gasteiger partial charge < -0.3 is 4.42 Å². The Balaban J connectivity index is 2.00. The number of rotatable bonds is 2. The molecule has 32 heavy (non-hydrogen) atoms. The fourth-order valence-corrected chi connectivity index (χ4v) is 3.19. The molecule has 3 aromatic heterocycles. The van der Waals surface area contributed by atoms with E-state index in [2.05, 4.69) is 15.1 Å². The summed E-state index contributed by atoms with van der Waals surface area (Å²) in [5, 5.41) is 2.93. The minimum absolute atomic E-state index is 0.0260. The third-order valence-electron chi connectivity index (χ3n) is 4.41. The molecule has 0 N–H and O–H groups in total. The van der Waals surface area contributed by atoms with Gasteiger partial charge in [0.25, 0.3) is 0 Å². The summed E-state index contributed by atoms with van der Waals surface area (Å²) in [6.07, 6.45) is -8.33. The van der Waals surface area contributed by atoms with Crippen LogP contribution in [-0.2, 0) is 12.4 Å². The molecular weight excluding hydrogens is 466 g/mol. The van der Waals surface area contributed by atoms with E-state index in [1.807, 2.05) is 0 Å². The second-order valence-electron chi connectivity index (χ2n) is 6.63. The molecule has 0 saturated carbocycles. The van der Waals surface area contributed by atoms with Gasteiger partial charge >= 0.3 is 18.0 Å². The van der Waals surface area contributed by atoms with Crippen molar-refractivity contribution in [3.63, 3.8) is 0 Å². The predicted octanol–water partition coefficient (Wildman–Crippen LogP) is 5.44. The molecule has 0 aliphatic heterocycles. The van der Waals surface area contributed by atoms with Crippen LogP contribution in [-0.4, -0.2) is 19.7 Å². The lowest BCUT2D eigenvalue weighted by Crippen LogP contribution is -2.11. The molecule has 0 bridgehead atoms. The summed E-state index contributed by atoms with van der Waals surface area (Å²) in [5.74, 6) is -0.802. The lowest BCUT2D eigenvalue weighted by Gasteiger charge is -2.10. The van der Waals surface area contributed by atoms with E-state index in [-0.39, 0.29) is 21.9 Å². The van der Waals surface area contributed by atoms with Gasteiger partial charge in [0.15, 0.2) is 11.5 Å². The molecule has 0 atom stereocenters. The van der Waals surface area contributed by atoms with E-state index in [0.717, 1.165) is 6.07 Å². The van der Waals surface area contributed by atoms with Gasteiger partial charge in [0.1, 0.15) is 5.69 Å². The van der Waals surface area contributed by atoms with E-state index < -0.39 is 46.2 Å². The highest BCUT2D eigenvalue weighted by molar-refractivity contribution is 6.32. The number of benzene rings is 1. The summed E-state index contributed by atoms with van der Waals surface area (Å²) >= 11 is 6.03. The van der Waals surface area contributed by atoms with Crippen LogP contribution in [0.2, 0.25) is 5.02 Å². The van der Waals surface area contributed by atoms with E-state index in [9.17, 15) is 31.1 Å². The number of alkyl halides is 6. The Bertz CT molecular complexity index is 1410. The quantitative estimate of drug-likeness (QED) is 0.362. The molecule has 0 aliphatic rings. The topological polar surface area (TPSA) is 73.8 Å². The summed E-state index contributed by atoms with van der Waals surface area (Å²) in [4.78, 5) is 20.4. The maximum absolute atomic E-state index is 13.3. The van der Waals surface area contributed by atoms with E-state index in [0.29, 0.717) is 16.8 Å². The normalized spacial score (nSPS) is 12.5. The van der Waals surface area contributed by atoms with Gasteiger partial charge in [-0.25, -0.2) is 19.4 Å². The van der Waals surface area contributed by atoms with Gasteiger partial charge in [-0.3, -0.25) is 0 Å². The molecule has 3 heterocycles. The summed E-state index contributed by atoms with van der Waals surface area (Å²) in [7, 11) is 0. The predicted molar refractivity (Wildman–Crippen MR) is 100 cm³/mol. The van der Waals surface area contributed by atoms with Crippen LogP contribution < -0.4 is 5.63 Å². The molecule has 13 heteroatoms. The van der Waals surface area contributed by atoms with E-state index in [1.54, 1.807) is 0 Å². The van der Waals surface area contributed by atoms with Crippen molar-refractivity contribution < 1.29 is 30.8 Å². The van der Waals surface area contributed by atoms with Crippen molar-refractivity contribution in [2.45, 2.75) is 19.3 Å². The zero-order valence-corrected chi connectivity index (χ0v) is 16.5. The third kappa shape index (κ3) is 3.81. The lowest BCUT2D eigenvalue weighted by molar-refractivity contribution is -0.141. The molecule has 0 spiro atoms. The number of halogens is 7. The lowest BCUT2D eigenvalue weighted by atomic mass is 10.1. The minimum Gasteiger partial charge on any atom is -0.401 e. The standard InChI is InChI=1S/C19H9ClF6N4O2/c1-8-5-9(18(21,22)23)6-10-14(8)28-16(32-17(10)31)12-7-13(19(24,25)26)29-30(12)15-11(20)3-2-4-27-15/h2-7H,1H3. The first-order valence-corrected chi connectivity index (χ1v) is 9.05.